The molecular weight excluding hydrogens is 119 g/mol. The molecule has 0 unspecified atom stereocenters. The Morgan fingerprint density at radius 2 is 2.20 bits per heavy atom. The molecule has 0 saturated carbocycles. The van der Waals surface area contributed by atoms with Gasteiger partial charge in [-0.3, -0.25) is 0 Å². The summed E-state index contributed by atoms with van der Waals surface area (Å²) in [6.45, 7) is 2.17. The minimum absolute atomic E-state index is 0.867. The van der Waals surface area contributed by atoms with Crippen LogP contribution < -0.4 is 5.46 Å². The van der Waals surface area contributed by atoms with Gasteiger partial charge < -0.3 is 0 Å². The molecule has 50 valence electrons. The molecule has 0 saturated heterocycles. The molecule has 0 aliphatic heterocycles. The van der Waals surface area contributed by atoms with Crippen molar-refractivity contribution in [1.82, 2.24) is 0 Å². The molecule has 1 rings (SSSR count). The van der Waals surface area contributed by atoms with E-state index in [1.165, 1.54) is 12.0 Å². The van der Waals surface area contributed by atoms with Crippen molar-refractivity contribution in [3.8, 4) is 0 Å². The second-order valence-electron chi connectivity index (χ2n) is 2.50. The molecule has 0 N–H and O–H groups in total. The number of benzene rings is 1. The molecule has 0 aliphatic carbocycles. The summed E-state index contributed by atoms with van der Waals surface area (Å²) in [5, 5.41) is 0. The molecule has 0 bridgehead atoms. The van der Waals surface area contributed by atoms with Crippen LogP contribution in [-0.2, 0) is 6.42 Å². The Kier molecular flexibility index (Phi) is 2.55. The van der Waals surface area contributed by atoms with Gasteiger partial charge in [-0.2, -0.15) is 0 Å². The molecule has 0 aromatic heterocycles. The van der Waals surface area contributed by atoms with Gasteiger partial charge in [0.1, 0.15) is 7.85 Å². The van der Waals surface area contributed by atoms with Crippen molar-refractivity contribution < 1.29 is 0 Å². The molecule has 0 heterocycles. The average molecular weight is 130 g/mol. The normalized spacial score (nSPS) is 9.70. The first-order valence-electron chi connectivity index (χ1n) is 3.67. The Balaban J connectivity index is 2.75. The highest BCUT2D eigenvalue weighted by Crippen LogP contribution is 1.98. The van der Waals surface area contributed by atoms with Crippen molar-refractivity contribution in [1.29, 1.82) is 0 Å². The minimum atomic E-state index is 0.867. The largest absolute Gasteiger partial charge is 0.113 e. The maximum absolute atomic E-state index is 5.59. The first kappa shape index (κ1) is 7.39. The van der Waals surface area contributed by atoms with E-state index >= 15 is 0 Å². The topological polar surface area (TPSA) is 0 Å². The third-order valence-corrected chi connectivity index (χ3v) is 1.49. The van der Waals surface area contributed by atoms with Gasteiger partial charge in [-0.25, -0.2) is 0 Å². The van der Waals surface area contributed by atoms with E-state index in [0.717, 1.165) is 11.9 Å². The van der Waals surface area contributed by atoms with E-state index in [4.69, 9.17) is 7.85 Å². The predicted molar refractivity (Wildman–Crippen MR) is 45.8 cm³/mol. The van der Waals surface area contributed by atoms with Crippen molar-refractivity contribution in [2.45, 2.75) is 19.8 Å². The van der Waals surface area contributed by atoms with Gasteiger partial charge in [-0.15, -0.1) is 0 Å². The second kappa shape index (κ2) is 3.45. The molecule has 0 atom stereocenters. The van der Waals surface area contributed by atoms with E-state index in [-0.39, 0.29) is 0 Å². The highest BCUT2D eigenvalue weighted by atomic mass is 13.9. The lowest BCUT2D eigenvalue weighted by Gasteiger charge is -1.98. The van der Waals surface area contributed by atoms with Crippen LogP contribution in [0.25, 0.3) is 0 Å². The molecule has 0 fully saturated rings. The maximum Gasteiger partial charge on any atom is 0.113 e. The molecule has 0 spiro atoms. The summed E-state index contributed by atoms with van der Waals surface area (Å²) in [6.07, 6.45) is 2.31. The maximum atomic E-state index is 5.59. The highest BCUT2D eigenvalue weighted by Gasteiger charge is 1.88. The van der Waals surface area contributed by atoms with E-state index in [0.29, 0.717) is 0 Å². The highest BCUT2D eigenvalue weighted by molar-refractivity contribution is 6.32. The Labute approximate surface area is 63.7 Å². The van der Waals surface area contributed by atoms with Crippen molar-refractivity contribution in [2.75, 3.05) is 0 Å². The lowest BCUT2D eigenvalue weighted by molar-refractivity contribution is 0.923. The first-order chi connectivity index (χ1) is 4.83. The summed E-state index contributed by atoms with van der Waals surface area (Å²) in [7, 11) is 5.59. The minimum Gasteiger partial charge on any atom is -0.0964 e. The molecule has 10 heavy (non-hydrogen) atoms. The molecule has 1 aromatic rings. The van der Waals surface area contributed by atoms with Gasteiger partial charge in [0, 0.05) is 0 Å². The smallest absolute Gasteiger partial charge is 0.0964 e. The van der Waals surface area contributed by atoms with Crippen LogP contribution >= 0.6 is 0 Å². The Morgan fingerprint density at radius 3 is 2.80 bits per heavy atom. The number of aryl methyl sites for hydroxylation is 1. The fraction of sp³-hybridized carbons (Fsp3) is 0.333. The van der Waals surface area contributed by atoms with Crippen LogP contribution in [0.15, 0.2) is 24.3 Å². The van der Waals surface area contributed by atoms with E-state index in [1.54, 1.807) is 0 Å². The Hall–Kier alpha value is -0.715. The van der Waals surface area contributed by atoms with Gasteiger partial charge >= 0.3 is 0 Å². The molecular formula is C9H11B. The standard InChI is InChI=1S/C9H11B/c1-2-4-8-5-3-6-9(10)7-8/h3,5-7H,2,4H2,1H3. The lowest BCUT2D eigenvalue weighted by Crippen LogP contribution is -2.01. The molecule has 2 radical (unpaired) electrons. The van der Waals surface area contributed by atoms with E-state index < -0.39 is 0 Å². The zero-order valence-corrected chi connectivity index (χ0v) is 6.30. The van der Waals surface area contributed by atoms with Crippen molar-refractivity contribution in [2.24, 2.45) is 0 Å². The summed E-state index contributed by atoms with van der Waals surface area (Å²) < 4.78 is 0. The first-order valence-corrected chi connectivity index (χ1v) is 3.67. The third kappa shape index (κ3) is 1.91. The van der Waals surface area contributed by atoms with Crippen LogP contribution in [0.3, 0.4) is 0 Å². The van der Waals surface area contributed by atoms with Crippen LogP contribution in [0.5, 0.6) is 0 Å². The zero-order valence-electron chi connectivity index (χ0n) is 6.30. The van der Waals surface area contributed by atoms with Crippen molar-refractivity contribution in [3.63, 3.8) is 0 Å². The predicted octanol–water partition coefficient (Wildman–Crippen LogP) is 1.43. The van der Waals surface area contributed by atoms with Gasteiger partial charge in [0.2, 0.25) is 0 Å². The Morgan fingerprint density at radius 1 is 1.40 bits per heavy atom. The Bertz CT molecular complexity index is 206. The number of rotatable bonds is 2. The van der Waals surface area contributed by atoms with Crippen LogP contribution in [0.2, 0.25) is 0 Å². The molecule has 1 heteroatoms. The van der Waals surface area contributed by atoms with E-state index in [9.17, 15) is 0 Å². The molecule has 0 aliphatic rings. The van der Waals surface area contributed by atoms with Gasteiger partial charge in [0.25, 0.3) is 0 Å². The summed E-state index contributed by atoms with van der Waals surface area (Å²) >= 11 is 0. The monoisotopic (exact) mass is 130 g/mol. The van der Waals surface area contributed by atoms with Crippen molar-refractivity contribution >= 4 is 13.3 Å². The molecule has 0 nitrogen and oxygen atoms in total. The van der Waals surface area contributed by atoms with E-state index in [2.05, 4.69) is 13.0 Å². The fourth-order valence-corrected chi connectivity index (χ4v) is 1.04. The fourth-order valence-electron chi connectivity index (χ4n) is 1.04. The van der Waals surface area contributed by atoms with Crippen LogP contribution in [-0.4, -0.2) is 7.85 Å². The zero-order chi connectivity index (χ0) is 7.40. The SMILES string of the molecule is [B]c1cccc(CCC)c1. The van der Waals surface area contributed by atoms with E-state index in [1.807, 2.05) is 18.2 Å². The lowest BCUT2D eigenvalue weighted by atomic mass is 9.93. The van der Waals surface area contributed by atoms with Gasteiger partial charge in [-0.1, -0.05) is 43.1 Å². The average Bonchev–Trinajstić information content (AvgIpc) is 1.88. The number of hydrogen-bond donors (Lipinski definition) is 0. The quantitative estimate of drug-likeness (QED) is 0.531. The molecule has 1 aromatic carbocycles. The van der Waals surface area contributed by atoms with Crippen LogP contribution in [0.4, 0.5) is 0 Å². The van der Waals surface area contributed by atoms with Gasteiger partial charge in [-0.05, 0) is 12.0 Å². The van der Waals surface area contributed by atoms with Crippen LogP contribution in [0.1, 0.15) is 18.9 Å². The summed E-state index contributed by atoms with van der Waals surface area (Å²) in [5.41, 5.74) is 2.20. The molecule has 0 amide bonds. The summed E-state index contributed by atoms with van der Waals surface area (Å²) in [5.74, 6) is 0. The number of hydrogen-bond acceptors (Lipinski definition) is 0. The summed E-state index contributed by atoms with van der Waals surface area (Å²) in [6, 6.07) is 8.06. The van der Waals surface area contributed by atoms with Crippen LogP contribution in [0, 0.1) is 0 Å². The van der Waals surface area contributed by atoms with Gasteiger partial charge in [0.05, 0.1) is 0 Å². The van der Waals surface area contributed by atoms with Gasteiger partial charge in [0.15, 0.2) is 0 Å². The second-order valence-corrected chi connectivity index (χ2v) is 2.50. The summed E-state index contributed by atoms with van der Waals surface area (Å²) in [4.78, 5) is 0. The third-order valence-electron chi connectivity index (χ3n) is 1.49. The van der Waals surface area contributed by atoms with Crippen molar-refractivity contribution in [3.05, 3.63) is 29.8 Å².